The Bertz CT molecular complexity index is 229. The summed E-state index contributed by atoms with van der Waals surface area (Å²) in [7, 11) is 1.80. The van der Waals surface area contributed by atoms with E-state index in [-0.39, 0.29) is 6.10 Å². The summed E-state index contributed by atoms with van der Waals surface area (Å²) >= 11 is 0. The van der Waals surface area contributed by atoms with Gasteiger partial charge in [-0.1, -0.05) is 32.1 Å². The van der Waals surface area contributed by atoms with E-state index in [9.17, 15) is 0 Å². The first-order valence-electron chi connectivity index (χ1n) is 7.73. The molecule has 0 heterocycles. The zero-order chi connectivity index (χ0) is 12.8. The number of hydrogen-bond acceptors (Lipinski definition) is 3. The molecule has 0 aromatic heterocycles. The van der Waals surface area contributed by atoms with Crippen LogP contribution in [0.25, 0.3) is 0 Å². The van der Waals surface area contributed by atoms with E-state index in [2.05, 4.69) is 12.2 Å². The van der Waals surface area contributed by atoms with Crippen LogP contribution in [-0.2, 0) is 9.47 Å². The summed E-state index contributed by atoms with van der Waals surface area (Å²) in [5.74, 6) is 0.968. The van der Waals surface area contributed by atoms with E-state index in [1.165, 1.54) is 38.5 Å². The van der Waals surface area contributed by atoms with E-state index < -0.39 is 0 Å². The Morgan fingerprint density at radius 3 is 2.61 bits per heavy atom. The van der Waals surface area contributed by atoms with Crippen molar-refractivity contribution in [3.63, 3.8) is 0 Å². The molecule has 18 heavy (non-hydrogen) atoms. The van der Waals surface area contributed by atoms with Crippen LogP contribution in [0.1, 0.15) is 51.9 Å². The Hall–Kier alpha value is -0.120. The first kappa shape index (κ1) is 14.3. The third-order valence-corrected chi connectivity index (χ3v) is 4.59. The molecular weight excluding hydrogens is 226 g/mol. The lowest BCUT2D eigenvalue weighted by Crippen LogP contribution is -2.60. The van der Waals surface area contributed by atoms with E-state index in [1.54, 1.807) is 7.11 Å². The van der Waals surface area contributed by atoms with Gasteiger partial charge in [-0.3, -0.25) is 0 Å². The lowest BCUT2D eigenvalue weighted by atomic mass is 9.84. The summed E-state index contributed by atoms with van der Waals surface area (Å²) in [6.45, 7) is 3.99. The Morgan fingerprint density at radius 2 is 1.94 bits per heavy atom. The van der Waals surface area contributed by atoms with Gasteiger partial charge in [0.1, 0.15) is 0 Å². The number of rotatable bonds is 7. The molecule has 2 aliphatic rings. The summed E-state index contributed by atoms with van der Waals surface area (Å²) in [6.07, 6.45) is 10.3. The molecular formula is C15H29NO2. The van der Waals surface area contributed by atoms with Crippen molar-refractivity contribution in [2.45, 2.75) is 70.1 Å². The van der Waals surface area contributed by atoms with Crippen molar-refractivity contribution in [1.29, 1.82) is 0 Å². The van der Waals surface area contributed by atoms with Crippen LogP contribution in [0.3, 0.4) is 0 Å². The topological polar surface area (TPSA) is 30.5 Å². The molecule has 0 radical (unpaired) electrons. The van der Waals surface area contributed by atoms with Gasteiger partial charge in [0.25, 0.3) is 0 Å². The fraction of sp³-hybridized carbons (Fsp3) is 1.00. The number of hydrogen-bond donors (Lipinski definition) is 1. The van der Waals surface area contributed by atoms with Crippen LogP contribution in [-0.4, -0.2) is 38.5 Å². The quantitative estimate of drug-likeness (QED) is 0.759. The van der Waals surface area contributed by atoms with Crippen molar-refractivity contribution in [1.82, 2.24) is 5.32 Å². The van der Waals surface area contributed by atoms with Gasteiger partial charge in [0.2, 0.25) is 0 Å². The maximum atomic E-state index is 5.64. The minimum atomic E-state index is 0.260. The predicted molar refractivity (Wildman–Crippen MR) is 73.8 cm³/mol. The summed E-state index contributed by atoms with van der Waals surface area (Å²) in [5, 5.41) is 3.65. The molecule has 2 rings (SSSR count). The Labute approximate surface area is 112 Å². The fourth-order valence-electron chi connectivity index (χ4n) is 3.42. The highest BCUT2D eigenvalue weighted by atomic mass is 16.5. The number of ether oxygens (including phenoxy) is 2. The maximum absolute atomic E-state index is 5.64. The standard InChI is InChI=1S/C15H29NO2/c1-3-18-14-11-13(15(14)17-2)16-10-9-12-7-5-4-6-8-12/h12-16H,3-11H2,1-2H3. The third-order valence-electron chi connectivity index (χ3n) is 4.59. The third kappa shape index (κ3) is 3.69. The van der Waals surface area contributed by atoms with Crippen LogP contribution in [0.4, 0.5) is 0 Å². The van der Waals surface area contributed by atoms with Gasteiger partial charge in [-0.05, 0) is 32.2 Å². The summed E-state index contributed by atoms with van der Waals surface area (Å²) < 4.78 is 11.2. The SMILES string of the molecule is CCOC1CC(NCCC2CCCCC2)C1OC. The Balaban J connectivity index is 1.59. The second kappa shape index (κ2) is 7.46. The molecule has 1 N–H and O–H groups in total. The van der Waals surface area contributed by atoms with Gasteiger partial charge in [-0.2, -0.15) is 0 Å². The maximum Gasteiger partial charge on any atom is 0.0986 e. The molecule has 0 spiro atoms. The molecule has 0 bridgehead atoms. The van der Waals surface area contributed by atoms with Gasteiger partial charge < -0.3 is 14.8 Å². The molecule has 3 nitrogen and oxygen atoms in total. The average Bonchev–Trinajstić information content (AvgIpc) is 2.38. The zero-order valence-electron chi connectivity index (χ0n) is 12.0. The molecule has 3 atom stereocenters. The minimum Gasteiger partial charge on any atom is -0.377 e. The molecule has 3 heteroatoms. The Kier molecular flexibility index (Phi) is 5.93. The fourth-order valence-corrected chi connectivity index (χ4v) is 3.42. The molecule has 0 saturated heterocycles. The van der Waals surface area contributed by atoms with Crippen LogP contribution in [0.15, 0.2) is 0 Å². The van der Waals surface area contributed by atoms with E-state index >= 15 is 0 Å². The molecule has 0 aromatic carbocycles. The van der Waals surface area contributed by atoms with E-state index in [0.717, 1.165) is 25.5 Å². The zero-order valence-corrected chi connectivity index (χ0v) is 12.0. The van der Waals surface area contributed by atoms with E-state index in [1.807, 2.05) is 0 Å². The van der Waals surface area contributed by atoms with Crippen molar-refractivity contribution < 1.29 is 9.47 Å². The second-order valence-electron chi connectivity index (χ2n) is 5.78. The van der Waals surface area contributed by atoms with Gasteiger partial charge in [0, 0.05) is 19.8 Å². The highest BCUT2D eigenvalue weighted by Gasteiger charge is 2.41. The van der Waals surface area contributed by atoms with Gasteiger partial charge in [0.15, 0.2) is 0 Å². The van der Waals surface area contributed by atoms with Crippen molar-refractivity contribution in [3.8, 4) is 0 Å². The van der Waals surface area contributed by atoms with Crippen LogP contribution in [0.5, 0.6) is 0 Å². The lowest BCUT2D eigenvalue weighted by molar-refractivity contribution is -0.131. The molecule has 106 valence electrons. The molecule has 0 aliphatic heterocycles. The largest absolute Gasteiger partial charge is 0.377 e. The van der Waals surface area contributed by atoms with Gasteiger partial charge in [-0.25, -0.2) is 0 Å². The Morgan fingerprint density at radius 1 is 1.17 bits per heavy atom. The molecule has 2 aliphatic carbocycles. The summed E-state index contributed by atoms with van der Waals surface area (Å²) in [4.78, 5) is 0. The average molecular weight is 255 g/mol. The monoisotopic (exact) mass is 255 g/mol. The van der Waals surface area contributed by atoms with Crippen molar-refractivity contribution in [2.24, 2.45) is 5.92 Å². The number of methoxy groups -OCH3 is 1. The summed E-state index contributed by atoms with van der Waals surface area (Å²) in [6, 6.07) is 0.509. The van der Waals surface area contributed by atoms with Crippen molar-refractivity contribution in [3.05, 3.63) is 0 Å². The smallest absolute Gasteiger partial charge is 0.0986 e. The highest BCUT2D eigenvalue weighted by molar-refractivity contribution is 4.97. The summed E-state index contributed by atoms with van der Waals surface area (Å²) in [5.41, 5.74) is 0. The van der Waals surface area contributed by atoms with Crippen molar-refractivity contribution in [2.75, 3.05) is 20.3 Å². The minimum absolute atomic E-state index is 0.260. The first-order valence-corrected chi connectivity index (χ1v) is 7.73. The van der Waals surface area contributed by atoms with E-state index in [4.69, 9.17) is 9.47 Å². The molecule has 0 amide bonds. The van der Waals surface area contributed by atoms with Gasteiger partial charge in [0.05, 0.1) is 12.2 Å². The molecule has 2 fully saturated rings. The van der Waals surface area contributed by atoms with Crippen LogP contribution in [0.2, 0.25) is 0 Å². The molecule has 0 aromatic rings. The molecule has 2 saturated carbocycles. The normalized spacial score (nSPS) is 33.3. The van der Waals surface area contributed by atoms with E-state index in [0.29, 0.717) is 12.1 Å². The van der Waals surface area contributed by atoms with Crippen LogP contribution < -0.4 is 5.32 Å². The van der Waals surface area contributed by atoms with Gasteiger partial charge >= 0.3 is 0 Å². The van der Waals surface area contributed by atoms with Crippen molar-refractivity contribution >= 4 is 0 Å². The predicted octanol–water partition coefficient (Wildman–Crippen LogP) is 2.74. The molecule has 3 unspecified atom stereocenters. The first-order chi connectivity index (χ1) is 8.85. The van der Waals surface area contributed by atoms with Crippen LogP contribution >= 0.6 is 0 Å². The lowest BCUT2D eigenvalue weighted by Gasteiger charge is -2.43. The second-order valence-corrected chi connectivity index (χ2v) is 5.78. The van der Waals surface area contributed by atoms with Gasteiger partial charge in [-0.15, -0.1) is 0 Å². The highest BCUT2D eigenvalue weighted by Crippen LogP contribution is 2.28. The number of nitrogens with one attached hydrogen (secondary N) is 1. The van der Waals surface area contributed by atoms with Crippen LogP contribution in [0, 0.1) is 5.92 Å².